The second kappa shape index (κ2) is 4.89. The van der Waals surface area contributed by atoms with Crippen LogP contribution in [0.2, 0.25) is 0 Å². The fourth-order valence-corrected chi connectivity index (χ4v) is 2.41. The molecule has 1 saturated heterocycles. The molecule has 2 rings (SSSR count). The summed E-state index contributed by atoms with van der Waals surface area (Å²) < 4.78 is 0. The molecule has 1 aliphatic rings. The molecule has 1 aliphatic heterocycles. The fourth-order valence-electron chi connectivity index (χ4n) is 2.41. The minimum atomic E-state index is -0.125. The third-order valence-corrected chi connectivity index (χ3v) is 3.16. The lowest BCUT2D eigenvalue weighted by Gasteiger charge is -2.19. The molecule has 18 heavy (non-hydrogen) atoms. The standard InChI is InChI=1S/C12H18N4O2/c1-6-11(12(18)16-8(3)14-6)7(2)15-9-4-10(17)13-5-9/h7,9,15H,4-5H2,1-3H3,(H,13,17)(H,14,16,18). The highest BCUT2D eigenvalue weighted by Gasteiger charge is 2.24. The number of nitrogens with zero attached hydrogens (tertiary/aromatic N) is 1. The molecule has 6 nitrogen and oxygen atoms in total. The molecule has 2 heterocycles. The van der Waals surface area contributed by atoms with Crippen LogP contribution < -0.4 is 16.2 Å². The molecule has 1 amide bonds. The first kappa shape index (κ1) is 12.8. The quantitative estimate of drug-likeness (QED) is 0.700. The first-order chi connectivity index (χ1) is 8.47. The van der Waals surface area contributed by atoms with Crippen LogP contribution in [-0.2, 0) is 4.79 Å². The van der Waals surface area contributed by atoms with Crippen LogP contribution in [0.1, 0.15) is 36.5 Å². The lowest BCUT2D eigenvalue weighted by Crippen LogP contribution is -2.36. The Bertz CT molecular complexity index is 523. The predicted molar refractivity (Wildman–Crippen MR) is 67.3 cm³/mol. The van der Waals surface area contributed by atoms with Crippen LogP contribution in [0, 0.1) is 13.8 Å². The van der Waals surface area contributed by atoms with E-state index in [0.717, 1.165) is 5.69 Å². The van der Waals surface area contributed by atoms with Crippen LogP contribution in [-0.4, -0.2) is 28.5 Å². The maximum absolute atomic E-state index is 11.9. The molecule has 3 N–H and O–H groups in total. The summed E-state index contributed by atoms with van der Waals surface area (Å²) >= 11 is 0. The van der Waals surface area contributed by atoms with Crippen molar-refractivity contribution < 1.29 is 4.79 Å². The average Bonchev–Trinajstić information content (AvgIpc) is 2.62. The summed E-state index contributed by atoms with van der Waals surface area (Å²) in [6.07, 6.45) is 0.459. The highest BCUT2D eigenvalue weighted by atomic mass is 16.2. The number of amides is 1. The molecule has 98 valence electrons. The van der Waals surface area contributed by atoms with Gasteiger partial charge in [0, 0.05) is 30.7 Å². The van der Waals surface area contributed by atoms with E-state index in [9.17, 15) is 9.59 Å². The van der Waals surface area contributed by atoms with Crippen molar-refractivity contribution in [2.24, 2.45) is 0 Å². The van der Waals surface area contributed by atoms with Crippen molar-refractivity contribution >= 4 is 5.91 Å². The molecule has 6 heteroatoms. The topological polar surface area (TPSA) is 86.9 Å². The van der Waals surface area contributed by atoms with Crippen molar-refractivity contribution in [3.05, 3.63) is 27.4 Å². The second-order valence-corrected chi connectivity index (χ2v) is 4.74. The van der Waals surface area contributed by atoms with Gasteiger partial charge in [-0.15, -0.1) is 0 Å². The Labute approximate surface area is 105 Å². The third-order valence-electron chi connectivity index (χ3n) is 3.16. The van der Waals surface area contributed by atoms with Crippen molar-refractivity contribution in [2.45, 2.75) is 39.3 Å². The van der Waals surface area contributed by atoms with E-state index in [2.05, 4.69) is 20.6 Å². The molecule has 0 bridgehead atoms. The van der Waals surface area contributed by atoms with Gasteiger partial charge in [-0.05, 0) is 20.8 Å². The SMILES string of the molecule is Cc1nc(C)c(C(C)NC2CNC(=O)C2)c(=O)[nH]1. The van der Waals surface area contributed by atoms with Crippen LogP contribution in [0.15, 0.2) is 4.79 Å². The van der Waals surface area contributed by atoms with Gasteiger partial charge < -0.3 is 15.6 Å². The molecule has 2 unspecified atom stereocenters. The molecule has 0 saturated carbocycles. The first-order valence-corrected chi connectivity index (χ1v) is 6.07. The highest BCUT2D eigenvalue weighted by molar-refractivity contribution is 5.78. The summed E-state index contributed by atoms with van der Waals surface area (Å²) in [5, 5.41) is 6.05. The van der Waals surface area contributed by atoms with Gasteiger partial charge in [-0.3, -0.25) is 9.59 Å². The number of nitrogens with one attached hydrogen (secondary N) is 3. The van der Waals surface area contributed by atoms with Crippen molar-refractivity contribution in [1.82, 2.24) is 20.6 Å². The number of H-pyrrole nitrogens is 1. The van der Waals surface area contributed by atoms with Crippen LogP contribution in [0.3, 0.4) is 0 Å². The number of aromatic amines is 1. The molecule has 0 radical (unpaired) electrons. The van der Waals surface area contributed by atoms with Gasteiger partial charge in [-0.1, -0.05) is 0 Å². The lowest BCUT2D eigenvalue weighted by molar-refractivity contribution is -0.119. The minimum Gasteiger partial charge on any atom is -0.354 e. The molecule has 1 aromatic heterocycles. The van der Waals surface area contributed by atoms with Gasteiger partial charge in [0.2, 0.25) is 5.91 Å². The zero-order chi connectivity index (χ0) is 13.3. The van der Waals surface area contributed by atoms with Gasteiger partial charge in [-0.25, -0.2) is 4.98 Å². The molecule has 1 fully saturated rings. The van der Waals surface area contributed by atoms with Gasteiger partial charge in [0.1, 0.15) is 5.82 Å². The number of aryl methyl sites for hydroxylation is 2. The summed E-state index contributed by atoms with van der Waals surface area (Å²) in [6.45, 7) is 6.11. The van der Waals surface area contributed by atoms with Gasteiger partial charge >= 0.3 is 0 Å². The van der Waals surface area contributed by atoms with E-state index >= 15 is 0 Å². The number of aromatic nitrogens is 2. The Morgan fingerprint density at radius 2 is 2.11 bits per heavy atom. The number of rotatable bonds is 3. The third kappa shape index (κ3) is 2.59. The zero-order valence-electron chi connectivity index (χ0n) is 10.8. The van der Waals surface area contributed by atoms with Gasteiger partial charge in [0.15, 0.2) is 0 Å². The number of carbonyl (C=O) groups excluding carboxylic acids is 1. The van der Waals surface area contributed by atoms with Gasteiger partial charge in [-0.2, -0.15) is 0 Å². The summed E-state index contributed by atoms with van der Waals surface area (Å²) in [5.74, 6) is 0.665. The van der Waals surface area contributed by atoms with Crippen molar-refractivity contribution in [1.29, 1.82) is 0 Å². The van der Waals surface area contributed by atoms with E-state index < -0.39 is 0 Å². The smallest absolute Gasteiger partial charge is 0.255 e. The molecule has 1 aromatic rings. The Hall–Kier alpha value is -1.69. The Balaban J connectivity index is 2.16. The Morgan fingerprint density at radius 3 is 2.67 bits per heavy atom. The van der Waals surface area contributed by atoms with Crippen LogP contribution in [0.25, 0.3) is 0 Å². The maximum Gasteiger partial charge on any atom is 0.255 e. The number of hydrogen-bond donors (Lipinski definition) is 3. The fraction of sp³-hybridized carbons (Fsp3) is 0.583. The molecule has 2 atom stereocenters. The maximum atomic E-state index is 11.9. The van der Waals surface area contributed by atoms with Gasteiger partial charge in [0.05, 0.1) is 5.56 Å². The summed E-state index contributed by atoms with van der Waals surface area (Å²) in [6, 6.07) is -0.0489. The Kier molecular flexibility index (Phi) is 3.47. The lowest BCUT2D eigenvalue weighted by atomic mass is 10.1. The van der Waals surface area contributed by atoms with E-state index in [-0.39, 0.29) is 23.6 Å². The van der Waals surface area contributed by atoms with Crippen molar-refractivity contribution in [3.63, 3.8) is 0 Å². The zero-order valence-corrected chi connectivity index (χ0v) is 10.8. The van der Waals surface area contributed by atoms with E-state index in [1.165, 1.54) is 0 Å². The molecular weight excluding hydrogens is 232 g/mol. The number of carbonyl (C=O) groups is 1. The minimum absolute atomic E-state index is 0.0485. The van der Waals surface area contributed by atoms with E-state index in [1.807, 2.05) is 13.8 Å². The van der Waals surface area contributed by atoms with E-state index in [4.69, 9.17) is 0 Å². The largest absolute Gasteiger partial charge is 0.354 e. The van der Waals surface area contributed by atoms with Gasteiger partial charge in [0.25, 0.3) is 5.56 Å². The second-order valence-electron chi connectivity index (χ2n) is 4.74. The summed E-state index contributed by atoms with van der Waals surface area (Å²) in [4.78, 5) is 30.0. The predicted octanol–water partition coefficient (Wildman–Crippen LogP) is -0.0742. The molecule has 0 spiro atoms. The number of hydrogen-bond acceptors (Lipinski definition) is 4. The highest BCUT2D eigenvalue weighted by Crippen LogP contribution is 2.13. The first-order valence-electron chi connectivity index (χ1n) is 6.07. The normalized spacial score (nSPS) is 20.8. The van der Waals surface area contributed by atoms with Crippen molar-refractivity contribution in [2.75, 3.05) is 6.54 Å². The van der Waals surface area contributed by atoms with E-state index in [0.29, 0.717) is 24.4 Å². The monoisotopic (exact) mass is 250 g/mol. The molecular formula is C12H18N4O2. The van der Waals surface area contributed by atoms with Crippen LogP contribution in [0.5, 0.6) is 0 Å². The molecule has 0 aliphatic carbocycles. The molecule has 0 aromatic carbocycles. The summed E-state index contributed by atoms with van der Waals surface area (Å²) in [7, 11) is 0. The van der Waals surface area contributed by atoms with Crippen LogP contribution >= 0.6 is 0 Å². The average molecular weight is 250 g/mol. The summed E-state index contributed by atoms with van der Waals surface area (Å²) in [5.41, 5.74) is 1.26. The van der Waals surface area contributed by atoms with Crippen molar-refractivity contribution in [3.8, 4) is 0 Å². The Morgan fingerprint density at radius 1 is 1.39 bits per heavy atom. The van der Waals surface area contributed by atoms with Crippen LogP contribution in [0.4, 0.5) is 0 Å². The van der Waals surface area contributed by atoms with E-state index in [1.54, 1.807) is 6.92 Å².